The molecule has 0 radical (unpaired) electrons. The smallest absolute Gasteiger partial charge is 0.114 e. The lowest BCUT2D eigenvalue weighted by molar-refractivity contribution is 0.187. The van der Waals surface area contributed by atoms with Crippen LogP contribution in [0.25, 0.3) is 11.0 Å². The molecular formula is C17H17ClN2O. The number of aromatic nitrogens is 2. The molecule has 1 aromatic heterocycles. The van der Waals surface area contributed by atoms with E-state index in [2.05, 4.69) is 10.6 Å². The molecule has 21 heavy (non-hydrogen) atoms. The fraction of sp³-hybridized carbons (Fsp3) is 0.235. The van der Waals surface area contributed by atoms with Crippen LogP contribution in [0.5, 0.6) is 0 Å². The van der Waals surface area contributed by atoms with Gasteiger partial charge in [0.1, 0.15) is 5.82 Å². The Morgan fingerprint density at radius 2 is 1.86 bits per heavy atom. The van der Waals surface area contributed by atoms with E-state index in [-0.39, 0.29) is 0 Å². The minimum atomic E-state index is 0.663. The molecule has 3 rings (SSSR count). The van der Waals surface area contributed by atoms with Crippen LogP contribution >= 0.6 is 11.6 Å². The first-order chi connectivity index (χ1) is 10.3. The zero-order chi connectivity index (χ0) is 14.7. The summed E-state index contributed by atoms with van der Waals surface area (Å²) in [6, 6.07) is 16.1. The van der Waals surface area contributed by atoms with Crippen LogP contribution in [0, 0.1) is 0 Å². The normalized spacial score (nSPS) is 11.1. The van der Waals surface area contributed by atoms with Gasteiger partial charge in [0.2, 0.25) is 0 Å². The van der Waals surface area contributed by atoms with Gasteiger partial charge in [0, 0.05) is 25.1 Å². The number of imidazole rings is 1. The van der Waals surface area contributed by atoms with E-state index in [9.17, 15) is 0 Å². The van der Waals surface area contributed by atoms with E-state index in [1.54, 1.807) is 7.11 Å². The Labute approximate surface area is 129 Å². The second kappa shape index (κ2) is 6.29. The van der Waals surface area contributed by atoms with Crippen LogP contribution in [-0.4, -0.2) is 23.3 Å². The predicted molar refractivity (Wildman–Crippen MR) is 85.9 cm³/mol. The predicted octanol–water partition coefficient (Wildman–Crippen LogP) is 3.93. The Balaban J connectivity index is 2.02. The largest absolute Gasteiger partial charge is 0.383 e. The monoisotopic (exact) mass is 300 g/mol. The number of hydrogen-bond donors (Lipinski definition) is 0. The minimum absolute atomic E-state index is 0.663. The topological polar surface area (TPSA) is 27.1 Å². The third kappa shape index (κ3) is 2.94. The molecule has 3 nitrogen and oxygen atoms in total. The van der Waals surface area contributed by atoms with E-state index in [1.165, 1.54) is 0 Å². The molecule has 1 heterocycles. The van der Waals surface area contributed by atoms with Gasteiger partial charge in [-0.1, -0.05) is 41.9 Å². The Kier molecular flexibility index (Phi) is 4.23. The van der Waals surface area contributed by atoms with Crippen molar-refractivity contribution in [3.8, 4) is 0 Å². The number of rotatable bonds is 5. The maximum atomic E-state index is 6.27. The van der Waals surface area contributed by atoms with E-state index in [1.807, 2.05) is 42.5 Å². The van der Waals surface area contributed by atoms with Crippen molar-refractivity contribution in [1.82, 2.24) is 9.55 Å². The van der Waals surface area contributed by atoms with Crippen molar-refractivity contribution >= 4 is 22.6 Å². The summed E-state index contributed by atoms with van der Waals surface area (Å²) in [6.07, 6.45) is 0.720. The maximum absolute atomic E-state index is 6.27. The molecule has 0 spiro atoms. The molecule has 2 aromatic carbocycles. The van der Waals surface area contributed by atoms with Gasteiger partial charge >= 0.3 is 0 Å². The molecule has 0 atom stereocenters. The van der Waals surface area contributed by atoms with Crippen molar-refractivity contribution in [1.29, 1.82) is 0 Å². The molecule has 108 valence electrons. The molecular weight excluding hydrogens is 284 g/mol. The number of halogens is 1. The summed E-state index contributed by atoms with van der Waals surface area (Å²) in [6.45, 7) is 1.45. The molecule has 0 unspecified atom stereocenters. The second-order valence-corrected chi connectivity index (χ2v) is 5.34. The van der Waals surface area contributed by atoms with Gasteiger partial charge in [-0.05, 0) is 23.8 Å². The van der Waals surface area contributed by atoms with Crippen molar-refractivity contribution in [2.24, 2.45) is 0 Å². The number of benzene rings is 2. The number of ether oxygens (including phenoxy) is 1. The number of hydrogen-bond acceptors (Lipinski definition) is 2. The van der Waals surface area contributed by atoms with Crippen molar-refractivity contribution in [3.63, 3.8) is 0 Å². The first-order valence-electron chi connectivity index (χ1n) is 6.96. The molecule has 0 amide bonds. The van der Waals surface area contributed by atoms with Gasteiger partial charge in [-0.15, -0.1) is 0 Å². The zero-order valence-electron chi connectivity index (χ0n) is 11.9. The molecule has 0 saturated heterocycles. The van der Waals surface area contributed by atoms with Gasteiger partial charge < -0.3 is 9.30 Å². The van der Waals surface area contributed by atoms with Gasteiger partial charge in [-0.2, -0.15) is 0 Å². The maximum Gasteiger partial charge on any atom is 0.114 e. The first-order valence-corrected chi connectivity index (χ1v) is 7.34. The Morgan fingerprint density at radius 1 is 1.10 bits per heavy atom. The Morgan fingerprint density at radius 3 is 2.67 bits per heavy atom. The van der Waals surface area contributed by atoms with Crippen LogP contribution in [0.2, 0.25) is 5.02 Å². The summed E-state index contributed by atoms with van der Waals surface area (Å²) >= 11 is 6.27. The van der Waals surface area contributed by atoms with E-state index in [4.69, 9.17) is 21.3 Å². The highest BCUT2D eigenvalue weighted by molar-refractivity contribution is 6.31. The quantitative estimate of drug-likeness (QED) is 0.714. The minimum Gasteiger partial charge on any atom is -0.383 e. The highest BCUT2D eigenvalue weighted by Gasteiger charge is 2.12. The van der Waals surface area contributed by atoms with Crippen molar-refractivity contribution in [2.45, 2.75) is 13.0 Å². The van der Waals surface area contributed by atoms with Crippen LogP contribution in [0.1, 0.15) is 11.4 Å². The molecule has 3 aromatic rings. The molecule has 0 saturated carbocycles. The van der Waals surface area contributed by atoms with E-state index in [0.717, 1.165) is 40.4 Å². The molecule has 0 bridgehead atoms. The lowest BCUT2D eigenvalue weighted by atomic mass is 10.1. The molecule has 0 aliphatic heterocycles. The summed E-state index contributed by atoms with van der Waals surface area (Å²) in [5, 5.41) is 0.780. The molecule has 0 fully saturated rings. The van der Waals surface area contributed by atoms with Gasteiger partial charge in [0.05, 0.1) is 17.6 Å². The highest BCUT2D eigenvalue weighted by atomic mass is 35.5. The van der Waals surface area contributed by atoms with Gasteiger partial charge in [-0.3, -0.25) is 0 Å². The summed E-state index contributed by atoms with van der Waals surface area (Å²) < 4.78 is 7.43. The van der Waals surface area contributed by atoms with Crippen molar-refractivity contribution in [2.75, 3.05) is 13.7 Å². The van der Waals surface area contributed by atoms with Crippen LogP contribution in [0.3, 0.4) is 0 Å². The van der Waals surface area contributed by atoms with Crippen molar-refractivity contribution < 1.29 is 4.74 Å². The standard InChI is InChI=1S/C17H17ClN2O/c1-21-11-10-20-16-9-5-4-8-15(16)19-17(20)12-13-6-2-3-7-14(13)18/h2-9H,10-12H2,1H3. The number of fused-ring (bicyclic) bond motifs is 1. The van der Waals surface area contributed by atoms with E-state index >= 15 is 0 Å². The van der Waals surface area contributed by atoms with Crippen LogP contribution in [-0.2, 0) is 17.7 Å². The average molecular weight is 301 g/mol. The van der Waals surface area contributed by atoms with Crippen LogP contribution in [0.4, 0.5) is 0 Å². The number of para-hydroxylation sites is 2. The third-order valence-corrected chi connectivity index (χ3v) is 3.93. The summed E-state index contributed by atoms with van der Waals surface area (Å²) in [4.78, 5) is 4.75. The van der Waals surface area contributed by atoms with Crippen molar-refractivity contribution in [3.05, 3.63) is 64.9 Å². The highest BCUT2D eigenvalue weighted by Crippen LogP contribution is 2.22. The van der Waals surface area contributed by atoms with Gasteiger partial charge in [-0.25, -0.2) is 4.98 Å². The third-order valence-electron chi connectivity index (χ3n) is 3.56. The summed E-state index contributed by atoms with van der Waals surface area (Å²) in [7, 11) is 1.72. The summed E-state index contributed by atoms with van der Waals surface area (Å²) in [5.74, 6) is 1.02. The molecule has 0 aliphatic rings. The Hall–Kier alpha value is -1.84. The fourth-order valence-electron chi connectivity index (χ4n) is 2.50. The number of methoxy groups -OCH3 is 1. The van der Waals surface area contributed by atoms with Crippen LogP contribution in [0.15, 0.2) is 48.5 Å². The lowest BCUT2D eigenvalue weighted by Crippen LogP contribution is -2.09. The fourth-order valence-corrected chi connectivity index (χ4v) is 2.71. The zero-order valence-corrected chi connectivity index (χ0v) is 12.7. The Bertz CT molecular complexity index is 751. The van der Waals surface area contributed by atoms with E-state index < -0.39 is 0 Å². The summed E-state index contributed by atoms with van der Waals surface area (Å²) in [5.41, 5.74) is 3.24. The average Bonchev–Trinajstić information content (AvgIpc) is 2.85. The number of nitrogens with zero attached hydrogens (tertiary/aromatic N) is 2. The van der Waals surface area contributed by atoms with Gasteiger partial charge in [0.25, 0.3) is 0 Å². The lowest BCUT2D eigenvalue weighted by Gasteiger charge is -2.09. The second-order valence-electron chi connectivity index (χ2n) is 4.93. The molecule has 0 aliphatic carbocycles. The molecule has 4 heteroatoms. The van der Waals surface area contributed by atoms with Gasteiger partial charge in [0.15, 0.2) is 0 Å². The van der Waals surface area contributed by atoms with Crippen LogP contribution < -0.4 is 0 Å². The first kappa shape index (κ1) is 14.1. The SMILES string of the molecule is COCCn1c(Cc2ccccc2Cl)nc2ccccc21. The molecule has 0 N–H and O–H groups in total. The van der Waals surface area contributed by atoms with E-state index in [0.29, 0.717) is 6.61 Å².